The third-order valence-electron chi connectivity index (χ3n) is 4.75. The van der Waals surface area contributed by atoms with E-state index in [4.69, 9.17) is 0 Å². The highest BCUT2D eigenvalue weighted by Gasteiger charge is 2.22. The molecule has 3 aromatic rings. The molecular weight excluding hydrogens is 409 g/mol. The first-order valence-corrected chi connectivity index (χ1v) is 9.11. The summed E-state index contributed by atoms with van der Waals surface area (Å²) in [6, 6.07) is 16.7. The van der Waals surface area contributed by atoms with Gasteiger partial charge in [-0.1, -0.05) is 42.5 Å². The van der Waals surface area contributed by atoms with Crippen LogP contribution in [-0.4, -0.2) is 28.6 Å². The summed E-state index contributed by atoms with van der Waals surface area (Å²) in [6.45, 7) is 0.889. The number of anilines is 1. The molecule has 1 aliphatic heterocycles. The van der Waals surface area contributed by atoms with Crippen LogP contribution in [0.4, 0.5) is 5.69 Å². The number of carbonyl (C=O) groups excluding carboxylic acids is 1. The Kier molecular flexibility index (Phi) is 8.02. The van der Waals surface area contributed by atoms with Crippen LogP contribution in [0.2, 0.25) is 0 Å². The largest absolute Gasteiger partial charge is 0.506 e. The molecule has 4 rings (SSSR count). The Morgan fingerprint density at radius 3 is 2.69 bits per heavy atom. The summed E-state index contributed by atoms with van der Waals surface area (Å²) < 4.78 is 0. The Labute approximate surface area is 182 Å². The number of phenols is 1. The van der Waals surface area contributed by atoms with Crippen LogP contribution in [0.3, 0.4) is 0 Å². The predicted molar refractivity (Wildman–Crippen MR) is 123 cm³/mol. The van der Waals surface area contributed by atoms with Crippen molar-refractivity contribution in [3.8, 4) is 5.75 Å². The molecule has 152 valence electrons. The summed E-state index contributed by atoms with van der Waals surface area (Å²) in [6.07, 6.45) is 5.70. The molecule has 1 amide bonds. The van der Waals surface area contributed by atoms with E-state index in [1.807, 2.05) is 54.6 Å². The number of benzene rings is 2. The summed E-state index contributed by atoms with van der Waals surface area (Å²) >= 11 is 0. The number of aromatic hydroxyl groups is 1. The number of halogens is 2. The van der Waals surface area contributed by atoms with Crippen molar-refractivity contribution in [2.45, 2.75) is 18.9 Å². The Morgan fingerprint density at radius 2 is 1.90 bits per heavy atom. The van der Waals surface area contributed by atoms with Gasteiger partial charge in [0.25, 0.3) is 0 Å². The van der Waals surface area contributed by atoms with Crippen LogP contribution >= 0.6 is 24.8 Å². The van der Waals surface area contributed by atoms with E-state index in [0.717, 1.165) is 41.7 Å². The van der Waals surface area contributed by atoms with Gasteiger partial charge in [-0.25, -0.2) is 4.98 Å². The molecular formula is C22H23Cl2N3O2. The zero-order chi connectivity index (χ0) is 18.6. The van der Waals surface area contributed by atoms with Gasteiger partial charge in [-0.05, 0) is 49.2 Å². The lowest BCUT2D eigenvalue weighted by Crippen LogP contribution is -2.35. The average Bonchev–Trinajstić information content (AvgIpc) is 3.23. The number of amides is 1. The maximum Gasteiger partial charge on any atom is 0.241 e. The number of para-hydroxylation sites is 2. The van der Waals surface area contributed by atoms with Crippen LogP contribution in [0.15, 0.2) is 54.6 Å². The van der Waals surface area contributed by atoms with Crippen LogP contribution in [0.25, 0.3) is 23.1 Å². The van der Waals surface area contributed by atoms with Gasteiger partial charge in [0.2, 0.25) is 5.91 Å². The minimum absolute atomic E-state index is 0. The summed E-state index contributed by atoms with van der Waals surface area (Å²) in [5, 5.41) is 17.1. The third kappa shape index (κ3) is 5.26. The molecule has 0 spiro atoms. The molecule has 1 saturated heterocycles. The quantitative estimate of drug-likeness (QED) is 0.562. The van der Waals surface area contributed by atoms with Crippen LogP contribution in [-0.2, 0) is 4.79 Å². The molecule has 0 radical (unpaired) electrons. The summed E-state index contributed by atoms with van der Waals surface area (Å²) in [5.74, 6) is 0.168. The normalized spacial score (nSPS) is 15.7. The highest BCUT2D eigenvalue weighted by atomic mass is 35.5. The van der Waals surface area contributed by atoms with Gasteiger partial charge in [-0.2, -0.15) is 0 Å². The Morgan fingerprint density at radius 1 is 1.07 bits per heavy atom. The van der Waals surface area contributed by atoms with Crippen LogP contribution in [0, 0.1) is 0 Å². The smallest absolute Gasteiger partial charge is 0.241 e. The number of phenolic OH excluding ortho intramolecular Hbond substituents is 1. The topological polar surface area (TPSA) is 74.2 Å². The van der Waals surface area contributed by atoms with Gasteiger partial charge in [0, 0.05) is 11.1 Å². The van der Waals surface area contributed by atoms with Gasteiger partial charge in [0.1, 0.15) is 11.3 Å². The first-order chi connectivity index (χ1) is 13.2. The second-order valence-electron chi connectivity index (χ2n) is 6.64. The molecule has 1 aromatic heterocycles. The van der Waals surface area contributed by atoms with Crippen molar-refractivity contribution in [3.05, 3.63) is 65.9 Å². The van der Waals surface area contributed by atoms with Gasteiger partial charge < -0.3 is 15.7 Å². The van der Waals surface area contributed by atoms with E-state index >= 15 is 0 Å². The molecule has 2 heterocycles. The van der Waals surface area contributed by atoms with Gasteiger partial charge in [0.15, 0.2) is 0 Å². The fourth-order valence-electron chi connectivity index (χ4n) is 3.30. The summed E-state index contributed by atoms with van der Waals surface area (Å²) in [7, 11) is 0. The van der Waals surface area contributed by atoms with E-state index in [1.165, 1.54) is 0 Å². The van der Waals surface area contributed by atoms with Crippen molar-refractivity contribution in [2.75, 3.05) is 11.9 Å². The predicted octanol–water partition coefficient (Wildman–Crippen LogP) is 4.64. The first kappa shape index (κ1) is 22.7. The Bertz CT molecular complexity index is 1020. The number of pyridine rings is 1. The molecule has 5 nitrogen and oxygen atoms in total. The number of nitrogens with one attached hydrogen (secondary N) is 2. The molecule has 1 atom stereocenters. The number of hydrogen-bond donors (Lipinski definition) is 3. The van der Waals surface area contributed by atoms with Crippen LogP contribution in [0.1, 0.15) is 24.1 Å². The number of hydrogen-bond acceptors (Lipinski definition) is 4. The third-order valence-corrected chi connectivity index (χ3v) is 4.75. The standard InChI is InChI=1S/C22H21N3O2.2ClH/c26-20-9-3-6-16-11-13-17(24-21(16)20)12-10-15-5-1-2-7-18(15)25-22(27)19-8-4-14-23-19;;/h1-3,5-7,9-13,19,23,26H,4,8,14H2,(H,25,27);2*1H/b12-10+;;/t19-;;/m0../s1. The molecule has 1 aliphatic rings. The number of rotatable bonds is 4. The minimum Gasteiger partial charge on any atom is -0.506 e. The van der Waals surface area contributed by atoms with Crippen molar-refractivity contribution >= 4 is 59.5 Å². The monoisotopic (exact) mass is 431 g/mol. The molecule has 0 saturated carbocycles. The van der Waals surface area contributed by atoms with E-state index in [0.29, 0.717) is 5.52 Å². The van der Waals surface area contributed by atoms with Crippen molar-refractivity contribution in [1.82, 2.24) is 10.3 Å². The molecule has 0 bridgehead atoms. The van der Waals surface area contributed by atoms with E-state index in [1.54, 1.807) is 12.1 Å². The van der Waals surface area contributed by atoms with Crippen molar-refractivity contribution < 1.29 is 9.90 Å². The lowest BCUT2D eigenvalue weighted by Gasteiger charge is -2.13. The second kappa shape index (κ2) is 10.3. The van der Waals surface area contributed by atoms with Crippen LogP contribution < -0.4 is 10.6 Å². The molecule has 7 heteroatoms. The van der Waals surface area contributed by atoms with Crippen LogP contribution in [0.5, 0.6) is 5.75 Å². The first-order valence-electron chi connectivity index (χ1n) is 9.11. The Balaban J connectivity index is 0.00000150. The molecule has 0 aliphatic carbocycles. The maximum absolute atomic E-state index is 12.4. The average molecular weight is 432 g/mol. The second-order valence-corrected chi connectivity index (χ2v) is 6.64. The molecule has 1 fully saturated rings. The summed E-state index contributed by atoms with van der Waals surface area (Å²) in [5.41, 5.74) is 3.00. The van der Waals surface area contributed by atoms with E-state index in [2.05, 4.69) is 15.6 Å². The molecule has 29 heavy (non-hydrogen) atoms. The SMILES string of the molecule is Cl.Cl.O=C(Nc1ccccc1/C=C/c1ccc2cccc(O)c2n1)[C@@H]1CCCN1. The minimum atomic E-state index is -0.118. The van der Waals surface area contributed by atoms with E-state index < -0.39 is 0 Å². The highest BCUT2D eigenvalue weighted by Crippen LogP contribution is 2.24. The zero-order valence-corrected chi connectivity index (χ0v) is 17.3. The van der Waals surface area contributed by atoms with Crippen molar-refractivity contribution in [3.63, 3.8) is 0 Å². The van der Waals surface area contributed by atoms with Gasteiger partial charge in [-0.15, -0.1) is 24.8 Å². The zero-order valence-electron chi connectivity index (χ0n) is 15.7. The van der Waals surface area contributed by atoms with Crippen molar-refractivity contribution in [1.29, 1.82) is 0 Å². The number of aromatic nitrogens is 1. The van der Waals surface area contributed by atoms with E-state index in [-0.39, 0.29) is 42.5 Å². The number of nitrogens with zero attached hydrogens (tertiary/aromatic N) is 1. The lowest BCUT2D eigenvalue weighted by molar-refractivity contribution is -0.117. The number of fused-ring (bicyclic) bond motifs is 1. The fraction of sp³-hybridized carbons (Fsp3) is 0.182. The fourth-order valence-corrected chi connectivity index (χ4v) is 3.30. The molecule has 3 N–H and O–H groups in total. The highest BCUT2D eigenvalue weighted by molar-refractivity contribution is 5.97. The van der Waals surface area contributed by atoms with E-state index in [9.17, 15) is 9.90 Å². The number of carbonyl (C=O) groups is 1. The van der Waals surface area contributed by atoms with Gasteiger partial charge >= 0.3 is 0 Å². The molecule has 0 unspecified atom stereocenters. The Hall–Kier alpha value is -2.60. The van der Waals surface area contributed by atoms with Gasteiger partial charge in [-0.3, -0.25) is 4.79 Å². The van der Waals surface area contributed by atoms with Crippen molar-refractivity contribution in [2.24, 2.45) is 0 Å². The lowest BCUT2D eigenvalue weighted by atomic mass is 10.1. The summed E-state index contributed by atoms with van der Waals surface area (Å²) in [4.78, 5) is 16.9. The molecule has 2 aromatic carbocycles. The maximum atomic E-state index is 12.4. The van der Waals surface area contributed by atoms with Gasteiger partial charge in [0.05, 0.1) is 11.7 Å².